The number of nitrogens with one attached hydrogen (secondary N) is 1. The number of ether oxygens (including phenoxy) is 1. The minimum atomic E-state index is -0.382. The smallest absolute Gasteiger partial charge is 0.337 e. The molecule has 0 fully saturated rings. The fourth-order valence-corrected chi connectivity index (χ4v) is 3.40. The summed E-state index contributed by atoms with van der Waals surface area (Å²) in [6.07, 6.45) is 1.58. The molecule has 0 heterocycles. The molecule has 0 aliphatic heterocycles. The number of aryl methyl sites for hydroxylation is 2. The number of methoxy groups -OCH3 is 1. The SMILES string of the molecule is COC(=O)c1ccc([C@H](C)NC(=O)c2ccccc2CCc2ccc(Cl)cc2)cc1. The van der Waals surface area contributed by atoms with Crippen molar-refractivity contribution in [3.63, 3.8) is 0 Å². The van der Waals surface area contributed by atoms with Gasteiger partial charge in [-0.15, -0.1) is 0 Å². The summed E-state index contributed by atoms with van der Waals surface area (Å²) in [7, 11) is 1.35. The van der Waals surface area contributed by atoms with Gasteiger partial charge in [0, 0.05) is 10.6 Å². The maximum absolute atomic E-state index is 12.9. The topological polar surface area (TPSA) is 55.4 Å². The molecule has 1 N–H and O–H groups in total. The van der Waals surface area contributed by atoms with Crippen LogP contribution in [0.2, 0.25) is 5.02 Å². The van der Waals surface area contributed by atoms with Crippen LogP contribution < -0.4 is 5.32 Å². The molecule has 0 aromatic heterocycles. The second-order valence-corrected chi connectivity index (χ2v) is 7.53. The zero-order valence-corrected chi connectivity index (χ0v) is 17.8. The summed E-state index contributed by atoms with van der Waals surface area (Å²) in [6, 6.07) is 22.3. The van der Waals surface area contributed by atoms with E-state index in [4.69, 9.17) is 16.3 Å². The summed E-state index contributed by atoms with van der Waals surface area (Å²) in [4.78, 5) is 24.5. The molecule has 5 heteroatoms. The van der Waals surface area contributed by atoms with Gasteiger partial charge < -0.3 is 10.1 Å². The van der Waals surface area contributed by atoms with Crippen molar-refractivity contribution in [2.75, 3.05) is 7.11 Å². The van der Waals surface area contributed by atoms with E-state index < -0.39 is 0 Å². The highest BCUT2D eigenvalue weighted by molar-refractivity contribution is 6.30. The number of benzene rings is 3. The quantitative estimate of drug-likeness (QED) is 0.519. The van der Waals surface area contributed by atoms with E-state index >= 15 is 0 Å². The average molecular weight is 422 g/mol. The summed E-state index contributed by atoms with van der Waals surface area (Å²) < 4.78 is 4.72. The number of hydrogen-bond acceptors (Lipinski definition) is 3. The van der Waals surface area contributed by atoms with E-state index in [0.29, 0.717) is 16.1 Å². The van der Waals surface area contributed by atoms with Crippen molar-refractivity contribution in [3.8, 4) is 0 Å². The lowest BCUT2D eigenvalue weighted by Gasteiger charge is -2.16. The van der Waals surface area contributed by atoms with E-state index in [9.17, 15) is 9.59 Å². The molecule has 1 atom stereocenters. The van der Waals surface area contributed by atoms with Gasteiger partial charge in [-0.2, -0.15) is 0 Å². The molecule has 4 nitrogen and oxygen atoms in total. The Morgan fingerprint density at radius 2 is 1.60 bits per heavy atom. The van der Waals surface area contributed by atoms with Gasteiger partial charge in [0.15, 0.2) is 0 Å². The number of amides is 1. The summed E-state index contributed by atoms with van der Waals surface area (Å²) in [5, 5.41) is 3.76. The Kier molecular flexibility index (Phi) is 7.26. The average Bonchev–Trinajstić information content (AvgIpc) is 2.78. The lowest BCUT2D eigenvalue weighted by molar-refractivity contribution is 0.0600. The van der Waals surface area contributed by atoms with E-state index in [1.165, 1.54) is 12.7 Å². The van der Waals surface area contributed by atoms with Crippen LogP contribution in [0.25, 0.3) is 0 Å². The van der Waals surface area contributed by atoms with Crippen LogP contribution in [0.5, 0.6) is 0 Å². The van der Waals surface area contributed by atoms with E-state index in [2.05, 4.69) is 5.32 Å². The zero-order valence-electron chi connectivity index (χ0n) is 17.0. The Morgan fingerprint density at radius 3 is 2.27 bits per heavy atom. The number of hydrogen-bond donors (Lipinski definition) is 1. The molecule has 154 valence electrons. The first-order valence-corrected chi connectivity index (χ1v) is 10.2. The molecule has 0 radical (unpaired) electrons. The van der Waals surface area contributed by atoms with E-state index in [1.54, 1.807) is 12.1 Å². The first-order chi connectivity index (χ1) is 14.5. The summed E-state index contributed by atoms with van der Waals surface area (Å²) in [5.41, 5.74) is 4.23. The maximum Gasteiger partial charge on any atom is 0.337 e. The Hall–Kier alpha value is -3.11. The first kappa shape index (κ1) is 21.6. The summed E-state index contributed by atoms with van der Waals surface area (Å²) in [5.74, 6) is -0.501. The number of halogens is 1. The lowest BCUT2D eigenvalue weighted by atomic mass is 9.98. The van der Waals surface area contributed by atoms with Crippen molar-refractivity contribution in [1.29, 1.82) is 0 Å². The van der Waals surface area contributed by atoms with Gasteiger partial charge in [0.25, 0.3) is 5.91 Å². The van der Waals surface area contributed by atoms with Crippen LogP contribution in [0, 0.1) is 0 Å². The van der Waals surface area contributed by atoms with Crippen molar-refractivity contribution < 1.29 is 14.3 Å². The predicted molar refractivity (Wildman–Crippen MR) is 119 cm³/mol. The standard InChI is InChI=1S/C25H24ClNO3/c1-17(19-11-13-21(14-12-19)25(29)30-2)27-24(28)23-6-4-3-5-20(23)10-7-18-8-15-22(26)16-9-18/h3-6,8-9,11-17H,7,10H2,1-2H3,(H,27,28)/t17-/m0/s1. The normalized spacial score (nSPS) is 11.6. The monoisotopic (exact) mass is 421 g/mol. The van der Waals surface area contributed by atoms with Gasteiger partial charge in [0.05, 0.1) is 18.7 Å². The van der Waals surface area contributed by atoms with Crippen LogP contribution in [0.4, 0.5) is 0 Å². The molecule has 3 rings (SSSR count). The van der Waals surface area contributed by atoms with Crippen LogP contribution in [-0.2, 0) is 17.6 Å². The number of carbonyl (C=O) groups excluding carboxylic acids is 2. The van der Waals surface area contributed by atoms with Crippen LogP contribution in [-0.4, -0.2) is 19.0 Å². The summed E-state index contributed by atoms with van der Waals surface area (Å²) >= 11 is 5.95. The van der Waals surface area contributed by atoms with Crippen molar-refractivity contribution in [3.05, 3.63) is 106 Å². The second-order valence-electron chi connectivity index (χ2n) is 7.09. The van der Waals surface area contributed by atoms with Crippen molar-refractivity contribution in [2.45, 2.75) is 25.8 Å². The molecule has 3 aromatic rings. The fraction of sp³-hybridized carbons (Fsp3) is 0.200. The summed E-state index contributed by atoms with van der Waals surface area (Å²) in [6.45, 7) is 1.92. The van der Waals surface area contributed by atoms with Crippen LogP contribution in [0.15, 0.2) is 72.8 Å². The molecule has 0 saturated carbocycles. The Bertz CT molecular complexity index is 1010. The molecule has 0 saturated heterocycles. The highest BCUT2D eigenvalue weighted by Crippen LogP contribution is 2.18. The van der Waals surface area contributed by atoms with Crippen LogP contribution >= 0.6 is 11.6 Å². The predicted octanol–water partition coefficient (Wildman–Crippen LogP) is 5.40. The molecule has 0 spiro atoms. The van der Waals surface area contributed by atoms with Crippen molar-refractivity contribution in [2.24, 2.45) is 0 Å². The molecule has 30 heavy (non-hydrogen) atoms. The lowest BCUT2D eigenvalue weighted by Crippen LogP contribution is -2.27. The van der Waals surface area contributed by atoms with E-state index in [-0.39, 0.29) is 17.9 Å². The van der Waals surface area contributed by atoms with Gasteiger partial charge in [-0.3, -0.25) is 4.79 Å². The molecule has 0 bridgehead atoms. The highest BCUT2D eigenvalue weighted by Gasteiger charge is 2.15. The first-order valence-electron chi connectivity index (χ1n) is 9.79. The molecule has 3 aromatic carbocycles. The number of carbonyl (C=O) groups is 2. The van der Waals surface area contributed by atoms with Gasteiger partial charge in [-0.25, -0.2) is 4.79 Å². The molecule has 0 aliphatic rings. The highest BCUT2D eigenvalue weighted by atomic mass is 35.5. The van der Waals surface area contributed by atoms with Crippen molar-refractivity contribution in [1.82, 2.24) is 5.32 Å². The van der Waals surface area contributed by atoms with Gasteiger partial charge in [-0.05, 0) is 66.8 Å². The third-order valence-electron chi connectivity index (χ3n) is 5.04. The Balaban J connectivity index is 1.67. The number of rotatable bonds is 7. The maximum atomic E-state index is 12.9. The Labute approximate surface area is 181 Å². The molecular formula is C25H24ClNO3. The molecule has 0 unspecified atom stereocenters. The minimum Gasteiger partial charge on any atom is -0.465 e. The molecule has 1 amide bonds. The van der Waals surface area contributed by atoms with E-state index in [0.717, 1.165) is 24.0 Å². The van der Waals surface area contributed by atoms with Gasteiger partial charge >= 0.3 is 5.97 Å². The molecule has 0 aliphatic carbocycles. The van der Waals surface area contributed by atoms with Crippen LogP contribution in [0.3, 0.4) is 0 Å². The van der Waals surface area contributed by atoms with Gasteiger partial charge in [-0.1, -0.05) is 54.1 Å². The van der Waals surface area contributed by atoms with E-state index in [1.807, 2.05) is 67.6 Å². The third-order valence-corrected chi connectivity index (χ3v) is 5.29. The minimum absolute atomic E-state index is 0.119. The largest absolute Gasteiger partial charge is 0.465 e. The fourth-order valence-electron chi connectivity index (χ4n) is 3.27. The van der Waals surface area contributed by atoms with Gasteiger partial charge in [0.1, 0.15) is 0 Å². The second kappa shape index (κ2) is 10.1. The van der Waals surface area contributed by atoms with Gasteiger partial charge in [0.2, 0.25) is 0 Å². The molecular weight excluding hydrogens is 398 g/mol. The Morgan fingerprint density at radius 1 is 0.933 bits per heavy atom. The number of esters is 1. The third kappa shape index (κ3) is 5.49. The zero-order chi connectivity index (χ0) is 21.5. The van der Waals surface area contributed by atoms with Crippen LogP contribution in [0.1, 0.15) is 50.4 Å². The van der Waals surface area contributed by atoms with Crippen molar-refractivity contribution >= 4 is 23.5 Å².